The monoisotopic (exact) mass is 232 g/mol. The second kappa shape index (κ2) is 4.55. The van der Waals surface area contributed by atoms with Gasteiger partial charge in [-0.3, -0.25) is 4.57 Å². The van der Waals surface area contributed by atoms with E-state index in [2.05, 4.69) is 28.1 Å². The largest absolute Gasteiger partial charge is 0.388 e. The smallest absolute Gasteiger partial charge is 0.163 e. The van der Waals surface area contributed by atoms with Gasteiger partial charge in [-0.05, 0) is 24.6 Å². The van der Waals surface area contributed by atoms with Crippen LogP contribution in [-0.4, -0.2) is 34.0 Å². The van der Waals surface area contributed by atoms with Crippen LogP contribution in [-0.2, 0) is 6.61 Å². The Labute approximate surface area is 100 Å². The van der Waals surface area contributed by atoms with Gasteiger partial charge >= 0.3 is 0 Å². The molecule has 0 atom stereocenters. The highest BCUT2D eigenvalue weighted by Crippen LogP contribution is 2.22. The number of benzene rings is 1. The van der Waals surface area contributed by atoms with Crippen molar-refractivity contribution in [3.63, 3.8) is 0 Å². The average Bonchev–Trinajstić information content (AvgIpc) is 2.77. The summed E-state index contributed by atoms with van der Waals surface area (Å²) in [5, 5.41) is 16.8. The maximum Gasteiger partial charge on any atom is 0.163 e. The van der Waals surface area contributed by atoms with Gasteiger partial charge in [0.25, 0.3) is 0 Å². The van der Waals surface area contributed by atoms with Crippen LogP contribution in [0, 0.1) is 6.92 Å². The van der Waals surface area contributed by atoms with Gasteiger partial charge in [-0.15, -0.1) is 10.2 Å². The third kappa shape index (κ3) is 2.14. The summed E-state index contributed by atoms with van der Waals surface area (Å²) in [5.74, 6) is 0.540. The molecule has 2 rings (SSSR count). The molecular formula is C12H16N4O. The van der Waals surface area contributed by atoms with Crippen LogP contribution in [0.3, 0.4) is 0 Å². The van der Waals surface area contributed by atoms with E-state index in [-0.39, 0.29) is 6.61 Å². The zero-order valence-corrected chi connectivity index (χ0v) is 10.3. The number of rotatable bonds is 3. The van der Waals surface area contributed by atoms with Gasteiger partial charge < -0.3 is 10.0 Å². The molecule has 17 heavy (non-hydrogen) atoms. The van der Waals surface area contributed by atoms with Crippen LogP contribution in [0.25, 0.3) is 5.69 Å². The van der Waals surface area contributed by atoms with Gasteiger partial charge in [0, 0.05) is 19.8 Å². The minimum absolute atomic E-state index is 0.120. The van der Waals surface area contributed by atoms with E-state index in [0.717, 1.165) is 11.4 Å². The number of aromatic nitrogens is 3. The first-order valence-electron chi connectivity index (χ1n) is 5.41. The van der Waals surface area contributed by atoms with Gasteiger partial charge in [-0.2, -0.15) is 0 Å². The molecule has 0 saturated carbocycles. The minimum atomic E-state index is -0.120. The van der Waals surface area contributed by atoms with Crippen LogP contribution in [0.15, 0.2) is 24.5 Å². The molecule has 0 aliphatic rings. The highest BCUT2D eigenvalue weighted by molar-refractivity contribution is 5.57. The first-order valence-corrected chi connectivity index (χ1v) is 5.41. The van der Waals surface area contributed by atoms with Gasteiger partial charge in [-0.1, -0.05) is 6.07 Å². The molecule has 1 aromatic carbocycles. The molecule has 90 valence electrons. The summed E-state index contributed by atoms with van der Waals surface area (Å²) in [6.45, 7) is 1.95. The first-order chi connectivity index (χ1) is 8.13. The van der Waals surface area contributed by atoms with Crippen molar-refractivity contribution in [1.29, 1.82) is 0 Å². The zero-order valence-electron chi connectivity index (χ0n) is 10.3. The fraction of sp³-hybridized carbons (Fsp3) is 0.333. The maximum absolute atomic E-state index is 9.17. The fourth-order valence-corrected chi connectivity index (χ4v) is 1.81. The molecule has 0 radical (unpaired) electrons. The summed E-state index contributed by atoms with van der Waals surface area (Å²) >= 11 is 0. The van der Waals surface area contributed by atoms with Crippen molar-refractivity contribution in [1.82, 2.24) is 14.8 Å². The third-order valence-electron chi connectivity index (χ3n) is 2.71. The molecule has 0 aliphatic carbocycles. The number of aliphatic hydroxyl groups excluding tert-OH is 1. The Hall–Kier alpha value is -1.88. The van der Waals surface area contributed by atoms with Crippen molar-refractivity contribution in [2.75, 3.05) is 19.0 Å². The molecule has 5 heteroatoms. The maximum atomic E-state index is 9.17. The van der Waals surface area contributed by atoms with E-state index < -0.39 is 0 Å². The highest BCUT2D eigenvalue weighted by atomic mass is 16.3. The van der Waals surface area contributed by atoms with Crippen LogP contribution < -0.4 is 4.90 Å². The zero-order chi connectivity index (χ0) is 12.4. The molecule has 0 amide bonds. The van der Waals surface area contributed by atoms with Gasteiger partial charge in [0.1, 0.15) is 12.9 Å². The lowest BCUT2D eigenvalue weighted by Gasteiger charge is -2.17. The van der Waals surface area contributed by atoms with Gasteiger partial charge in [0.15, 0.2) is 5.82 Å². The molecule has 2 aromatic rings. The second-order valence-corrected chi connectivity index (χ2v) is 4.14. The van der Waals surface area contributed by atoms with Gasteiger partial charge in [0.2, 0.25) is 0 Å². The Morgan fingerprint density at radius 2 is 2.12 bits per heavy atom. The Kier molecular flexibility index (Phi) is 3.10. The predicted molar refractivity (Wildman–Crippen MR) is 66.3 cm³/mol. The van der Waals surface area contributed by atoms with Gasteiger partial charge in [0.05, 0.1) is 5.69 Å². The summed E-state index contributed by atoms with van der Waals surface area (Å²) in [6.07, 6.45) is 1.61. The predicted octanol–water partition coefficient (Wildman–Crippen LogP) is 1.13. The number of nitrogens with zero attached hydrogens (tertiary/aromatic N) is 4. The Morgan fingerprint density at radius 3 is 2.76 bits per heavy atom. The molecule has 1 heterocycles. The molecule has 5 nitrogen and oxygen atoms in total. The summed E-state index contributed by atoms with van der Waals surface area (Å²) in [4.78, 5) is 2.06. The molecule has 0 bridgehead atoms. The highest BCUT2D eigenvalue weighted by Gasteiger charge is 2.08. The van der Waals surface area contributed by atoms with Crippen LogP contribution in [0.4, 0.5) is 5.69 Å². The van der Waals surface area contributed by atoms with Crippen molar-refractivity contribution in [2.24, 2.45) is 0 Å². The van der Waals surface area contributed by atoms with E-state index >= 15 is 0 Å². The molecule has 1 aromatic heterocycles. The van der Waals surface area contributed by atoms with Crippen molar-refractivity contribution in [3.05, 3.63) is 35.9 Å². The van der Waals surface area contributed by atoms with E-state index in [4.69, 9.17) is 5.11 Å². The fourth-order valence-electron chi connectivity index (χ4n) is 1.81. The summed E-state index contributed by atoms with van der Waals surface area (Å²) in [6, 6.07) is 6.09. The van der Waals surface area contributed by atoms with Crippen molar-refractivity contribution in [2.45, 2.75) is 13.5 Å². The summed E-state index contributed by atoms with van der Waals surface area (Å²) in [5.41, 5.74) is 3.30. The van der Waals surface area contributed by atoms with E-state index in [1.807, 2.05) is 26.2 Å². The Balaban J connectivity index is 2.50. The first kappa shape index (κ1) is 11.6. The van der Waals surface area contributed by atoms with Crippen LogP contribution in [0.2, 0.25) is 0 Å². The Morgan fingerprint density at radius 1 is 1.35 bits per heavy atom. The lowest BCUT2D eigenvalue weighted by atomic mass is 10.1. The molecule has 0 saturated heterocycles. The van der Waals surface area contributed by atoms with Crippen molar-refractivity contribution < 1.29 is 5.11 Å². The lowest BCUT2D eigenvalue weighted by Crippen LogP contribution is -2.11. The molecule has 0 fully saturated rings. The second-order valence-electron chi connectivity index (χ2n) is 4.14. The van der Waals surface area contributed by atoms with Crippen LogP contribution in [0.5, 0.6) is 0 Å². The number of aryl methyl sites for hydroxylation is 1. The minimum Gasteiger partial charge on any atom is -0.388 e. The molecule has 0 spiro atoms. The molecule has 0 unspecified atom stereocenters. The van der Waals surface area contributed by atoms with E-state index in [1.165, 1.54) is 5.56 Å². The number of aliphatic hydroxyl groups is 1. The molecule has 1 N–H and O–H groups in total. The number of anilines is 1. The summed E-state index contributed by atoms with van der Waals surface area (Å²) < 4.78 is 1.78. The SMILES string of the molecule is Cc1ccc(-n2cnnc2CO)cc1N(C)C. The van der Waals surface area contributed by atoms with Crippen LogP contribution in [0.1, 0.15) is 11.4 Å². The quantitative estimate of drug-likeness (QED) is 0.862. The average molecular weight is 232 g/mol. The third-order valence-corrected chi connectivity index (χ3v) is 2.71. The summed E-state index contributed by atoms with van der Waals surface area (Å²) in [7, 11) is 4.01. The number of hydrogen-bond acceptors (Lipinski definition) is 4. The Bertz CT molecular complexity index is 519. The van der Waals surface area contributed by atoms with Crippen molar-refractivity contribution >= 4 is 5.69 Å². The standard InChI is InChI=1S/C12H16N4O/c1-9-4-5-10(6-11(9)15(2)3)16-8-13-14-12(16)7-17/h4-6,8,17H,7H2,1-3H3. The van der Waals surface area contributed by atoms with E-state index in [0.29, 0.717) is 5.82 Å². The van der Waals surface area contributed by atoms with Crippen molar-refractivity contribution in [3.8, 4) is 5.69 Å². The van der Waals surface area contributed by atoms with E-state index in [9.17, 15) is 0 Å². The van der Waals surface area contributed by atoms with Gasteiger partial charge in [-0.25, -0.2) is 0 Å². The topological polar surface area (TPSA) is 54.2 Å². The molecule has 0 aliphatic heterocycles. The normalized spacial score (nSPS) is 10.6. The van der Waals surface area contributed by atoms with E-state index in [1.54, 1.807) is 10.9 Å². The molecular weight excluding hydrogens is 216 g/mol. The van der Waals surface area contributed by atoms with Crippen LogP contribution >= 0.6 is 0 Å². The number of hydrogen-bond donors (Lipinski definition) is 1. The lowest BCUT2D eigenvalue weighted by molar-refractivity contribution is 0.269.